The van der Waals surface area contributed by atoms with Crippen LogP contribution in [0, 0.1) is 10.7 Å². The number of rotatable bonds is 7. The molecule has 0 amide bonds. The molecule has 0 saturated carbocycles. The maximum absolute atomic E-state index is 15.5. The highest BCUT2D eigenvalue weighted by molar-refractivity contribution is 8.04. The Morgan fingerprint density at radius 1 is 1.36 bits per heavy atom. The van der Waals surface area contributed by atoms with E-state index in [9.17, 15) is 0 Å². The third-order valence-electron chi connectivity index (χ3n) is 5.53. The van der Waals surface area contributed by atoms with E-state index in [4.69, 9.17) is 21.8 Å². The van der Waals surface area contributed by atoms with Crippen molar-refractivity contribution in [1.29, 1.82) is 5.26 Å². The van der Waals surface area contributed by atoms with E-state index in [1.165, 1.54) is 29.3 Å². The first-order valence-corrected chi connectivity index (χ1v) is 11.1. The van der Waals surface area contributed by atoms with E-state index in [2.05, 4.69) is 26.0 Å². The second kappa shape index (κ2) is 9.34. The predicted molar refractivity (Wildman–Crippen MR) is 122 cm³/mol. The summed E-state index contributed by atoms with van der Waals surface area (Å²) in [5, 5.41) is 16.1. The maximum Gasteiger partial charge on any atom is 0.331 e. The third-order valence-corrected chi connectivity index (χ3v) is 6.35. The number of hydrogen-bond donors (Lipinski definition) is 3. The number of oxime groups is 1. The number of nitrogen functional groups attached to an aromatic ring is 1. The summed E-state index contributed by atoms with van der Waals surface area (Å²) < 4.78 is 30.9. The van der Waals surface area contributed by atoms with Crippen LogP contribution in [0.15, 0.2) is 35.5 Å². The molecule has 1 fully saturated rings. The number of nitriles is 1. The van der Waals surface area contributed by atoms with Crippen LogP contribution in [-0.4, -0.2) is 46.6 Å². The van der Waals surface area contributed by atoms with Crippen molar-refractivity contribution in [2.45, 2.75) is 30.6 Å². The van der Waals surface area contributed by atoms with Gasteiger partial charge in [-0.2, -0.15) is 14.0 Å². The van der Waals surface area contributed by atoms with Crippen LogP contribution in [-0.2, 0) is 10.9 Å². The van der Waals surface area contributed by atoms with Gasteiger partial charge in [-0.1, -0.05) is 35.5 Å². The Morgan fingerprint density at radius 2 is 2.12 bits per heavy atom. The van der Waals surface area contributed by atoms with E-state index < -0.39 is 11.7 Å². The number of nitrogens with zero attached hydrogens (tertiary/aromatic N) is 6. The zero-order valence-electron chi connectivity index (χ0n) is 17.8. The molecule has 3 heterocycles. The Kier molecular flexibility index (Phi) is 6.50. The molecule has 2 aliphatic heterocycles. The van der Waals surface area contributed by atoms with Crippen LogP contribution in [0.25, 0.3) is 0 Å². The Labute approximate surface area is 193 Å². The number of nitrogens with one attached hydrogen (secondary N) is 1. The van der Waals surface area contributed by atoms with Crippen LogP contribution in [0.4, 0.5) is 26.1 Å². The van der Waals surface area contributed by atoms with Gasteiger partial charge < -0.3 is 10.6 Å². The molecule has 174 valence electrons. The first-order valence-electron chi connectivity index (χ1n) is 10.2. The van der Waals surface area contributed by atoms with Gasteiger partial charge in [0.2, 0.25) is 5.82 Å². The average molecular weight is 476 g/mol. The predicted octanol–water partition coefficient (Wildman–Crippen LogP) is 1.95. The van der Waals surface area contributed by atoms with Crippen LogP contribution in [0.2, 0.25) is 0 Å². The number of anilines is 3. The van der Waals surface area contributed by atoms with E-state index in [0.29, 0.717) is 25.2 Å². The number of thioether (sulfide) groups is 1. The average Bonchev–Trinajstić information content (AvgIpc) is 3.43. The Morgan fingerprint density at radius 3 is 2.79 bits per heavy atom. The van der Waals surface area contributed by atoms with Crippen molar-refractivity contribution in [1.82, 2.24) is 15.4 Å². The first kappa shape index (κ1) is 23.0. The topological polar surface area (TPSA) is 142 Å². The number of benzene rings is 1. The number of hydrazine groups is 1. The molecular weight excluding hydrogens is 452 g/mol. The second-order valence-corrected chi connectivity index (χ2v) is 8.85. The van der Waals surface area contributed by atoms with E-state index in [1.54, 1.807) is 17.9 Å². The van der Waals surface area contributed by atoms with Gasteiger partial charge in [0.05, 0.1) is 12.3 Å². The highest BCUT2D eigenvalue weighted by atomic mass is 32.2. The van der Waals surface area contributed by atoms with Crippen LogP contribution in [0.5, 0.6) is 0 Å². The number of hydrogen-bond acceptors (Lipinski definition) is 11. The van der Waals surface area contributed by atoms with Crippen molar-refractivity contribution in [3.05, 3.63) is 41.7 Å². The molecule has 5 N–H and O–H groups in total. The zero-order valence-corrected chi connectivity index (χ0v) is 18.6. The van der Waals surface area contributed by atoms with E-state index >= 15 is 8.78 Å². The van der Waals surface area contributed by atoms with Gasteiger partial charge in [0, 0.05) is 23.9 Å². The van der Waals surface area contributed by atoms with E-state index in [-0.39, 0.29) is 40.7 Å². The SMILES string of the molecule is CC1=NONC1CN(N)c1nc(C(F)(F)c2ccccc2)nc(N2CCC(SC#N)C2)c1N. The summed E-state index contributed by atoms with van der Waals surface area (Å²) in [6, 6.07) is 6.96. The Hall–Kier alpha value is -3.21. The van der Waals surface area contributed by atoms with Crippen molar-refractivity contribution >= 4 is 34.8 Å². The van der Waals surface area contributed by atoms with Crippen molar-refractivity contribution in [2.75, 3.05) is 35.3 Å². The van der Waals surface area contributed by atoms with Gasteiger partial charge in [0.15, 0.2) is 11.6 Å². The number of nitrogens with two attached hydrogens (primary N) is 2. The second-order valence-electron chi connectivity index (χ2n) is 7.76. The molecular formula is C20H23F2N9OS. The van der Waals surface area contributed by atoms with Gasteiger partial charge >= 0.3 is 5.92 Å². The summed E-state index contributed by atoms with van der Waals surface area (Å²) in [7, 11) is 0. The Bertz CT molecular complexity index is 1080. The van der Waals surface area contributed by atoms with Crippen LogP contribution in [0.1, 0.15) is 24.7 Å². The van der Waals surface area contributed by atoms with Gasteiger partial charge in [0.1, 0.15) is 17.1 Å². The molecule has 2 atom stereocenters. The highest BCUT2D eigenvalue weighted by Gasteiger charge is 2.40. The number of halogens is 2. The smallest absolute Gasteiger partial charge is 0.331 e. The number of aromatic nitrogens is 2. The molecule has 1 aromatic heterocycles. The quantitative estimate of drug-likeness (QED) is 0.309. The molecule has 13 heteroatoms. The molecule has 33 heavy (non-hydrogen) atoms. The number of thiocyanates is 1. The fourth-order valence-corrected chi connectivity index (χ4v) is 4.30. The molecule has 0 aliphatic carbocycles. The van der Waals surface area contributed by atoms with Crippen LogP contribution in [0.3, 0.4) is 0 Å². The first-order chi connectivity index (χ1) is 15.8. The molecule has 0 radical (unpaired) electrons. The highest BCUT2D eigenvalue weighted by Crippen LogP contribution is 2.39. The molecule has 2 aromatic rings. The van der Waals surface area contributed by atoms with Crippen molar-refractivity contribution in [3.8, 4) is 5.40 Å². The summed E-state index contributed by atoms with van der Waals surface area (Å²) in [5.74, 6) is 2.19. The summed E-state index contributed by atoms with van der Waals surface area (Å²) >= 11 is 1.14. The third kappa shape index (κ3) is 4.63. The molecule has 0 bridgehead atoms. The molecule has 10 nitrogen and oxygen atoms in total. The van der Waals surface area contributed by atoms with E-state index in [1.807, 2.05) is 0 Å². The lowest BCUT2D eigenvalue weighted by molar-refractivity contribution is 0.0330. The molecule has 1 saturated heterocycles. The van der Waals surface area contributed by atoms with Crippen molar-refractivity contribution in [2.24, 2.45) is 11.0 Å². The fourth-order valence-electron chi connectivity index (χ4n) is 3.68. The lowest BCUT2D eigenvalue weighted by Crippen LogP contribution is -2.46. The minimum Gasteiger partial charge on any atom is -0.393 e. The van der Waals surface area contributed by atoms with Gasteiger partial charge in [-0.05, 0) is 25.1 Å². The monoisotopic (exact) mass is 475 g/mol. The molecule has 2 aliphatic rings. The van der Waals surface area contributed by atoms with Gasteiger partial charge in [0.25, 0.3) is 0 Å². The summed E-state index contributed by atoms with van der Waals surface area (Å²) in [6.45, 7) is 2.84. The summed E-state index contributed by atoms with van der Waals surface area (Å²) in [6.07, 6.45) is 0.701. The minimum absolute atomic E-state index is 0.0245. The molecule has 2 unspecified atom stereocenters. The lowest BCUT2D eigenvalue weighted by Gasteiger charge is -2.27. The standard InChI is InChI=1S/C20H23F2N9OS/c1-12-15(29-32-28-12)10-31(25)18-16(24)17(30-8-7-14(9-30)33-11-23)26-19(27-18)20(21,22)13-5-3-2-4-6-13/h2-6,14-15,29H,7-10,24-25H2,1H3. The number of hydroxylamine groups is 1. The number of alkyl halides is 2. The van der Waals surface area contributed by atoms with Crippen LogP contribution >= 0.6 is 11.8 Å². The largest absolute Gasteiger partial charge is 0.393 e. The van der Waals surface area contributed by atoms with Gasteiger partial charge in [-0.15, -0.1) is 5.48 Å². The van der Waals surface area contributed by atoms with Gasteiger partial charge in [-0.3, -0.25) is 9.95 Å². The fraction of sp³-hybridized carbons (Fsp3) is 0.400. The molecule has 4 rings (SSSR count). The van der Waals surface area contributed by atoms with Gasteiger partial charge in [-0.25, -0.2) is 15.8 Å². The molecule has 1 aromatic carbocycles. The lowest BCUT2D eigenvalue weighted by atomic mass is 10.1. The summed E-state index contributed by atoms with van der Waals surface area (Å²) in [4.78, 5) is 14.9. The van der Waals surface area contributed by atoms with Crippen molar-refractivity contribution in [3.63, 3.8) is 0 Å². The Balaban J connectivity index is 1.74. The molecule has 0 spiro atoms. The van der Waals surface area contributed by atoms with Crippen LogP contribution < -0.4 is 27.0 Å². The zero-order chi connectivity index (χ0) is 23.6. The normalized spacial score (nSPS) is 20.3. The van der Waals surface area contributed by atoms with E-state index in [0.717, 1.165) is 11.8 Å². The van der Waals surface area contributed by atoms with Crippen molar-refractivity contribution < 1.29 is 13.7 Å². The maximum atomic E-state index is 15.5. The minimum atomic E-state index is -3.48. The summed E-state index contributed by atoms with van der Waals surface area (Å²) in [5.41, 5.74) is 9.52.